The van der Waals surface area contributed by atoms with Crippen molar-refractivity contribution in [2.75, 3.05) is 33.2 Å². The molecule has 0 aromatic heterocycles. The summed E-state index contributed by atoms with van der Waals surface area (Å²) in [6.45, 7) is 3.50. The second-order valence-electron chi connectivity index (χ2n) is 6.80. The number of carbonyl (C=O) groups excluding carboxylic acids is 1. The van der Waals surface area contributed by atoms with E-state index in [1.165, 1.54) is 0 Å². The summed E-state index contributed by atoms with van der Waals surface area (Å²) in [5, 5.41) is 8.97. The fourth-order valence-electron chi connectivity index (χ4n) is 4.18. The van der Waals surface area contributed by atoms with E-state index < -0.39 is 5.97 Å². The van der Waals surface area contributed by atoms with Crippen molar-refractivity contribution in [1.29, 1.82) is 0 Å². The third-order valence-corrected chi connectivity index (χ3v) is 5.29. The SMILES string of the molecule is CN1CCN(C(=O)N2C3CCC2CC(CC(=O)O)C3)CC1. The average molecular weight is 295 g/mol. The molecule has 118 valence electrons. The molecule has 2 bridgehead atoms. The summed E-state index contributed by atoms with van der Waals surface area (Å²) >= 11 is 0. The smallest absolute Gasteiger partial charge is 0.320 e. The van der Waals surface area contributed by atoms with Crippen LogP contribution < -0.4 is 0 Å². The second kappa shape index (κ2) is 5.83. The molecule has 3 fully saturated rings. The van der Waals surface area contributed by atoms with Crippen LogP contribution in [0.5, 0.6) is 0 Å². The number of fused-ring (bicyclic) bond motifs is 2. The van der Waals surface area contributed by atoms with Crippen molar-refractivity contribution in [3.63, 3.8) is 0 Å². The summed E-state index contributed by atoms with van der Waals surface area (Å²) in [4.78, 5) is 30.0. The number of amides is 2. The number of aliphatic carboxylic acids is 1. The van der Waals surface area contributed by atoms with Gasteiger partial charge in [-0.1, -0.05) is 0 Å². The fourth-order valence-corrected chi connectivity index (χ4v) is 4.18. The number of carboxylic acid groups (broad SMARTS) is 1. The molecule has 0 aliphatic carbocycles. The van der Waals surface area contributed by atoms with Gasteiger partial charge in [0.05, 0.1) is 0 Å². The molecule has 3 rings (SSSR count). The van der Waals surface area contributed by atoms with Crippen molar-refractivity contribution >= 4 is 12.0 Å². The molecule has 3 aliphatic rings. The lowest BCUT2D eigenvalue weighted by atomic mass is 9.88. The Balaban J connectivity index is 1.62. The van der Waals surface area contributed by atoms with Gasteiger partial charge in [-0.3, -0.25) is 4.79 Å². The van der Waals surface area contributed by atoms with Gasteiger partial charge in [0.2, 0.25) is 0 Å². The summed E-state index contributed by atoms with van der Waals surface area (Å²) in [5.41, 5.74) is 0. The highest BCUT2D eigenvalue weighted by Gasteiger charge is 2.44. The lowest BCUT2D eigenvalue weighted by Crippen LogP contribution is -2.56. The maximum Gasteiger partial charge on any atom is 0.320 e. The fraction of sp³-hybridized carbons (Fsp3) is 0.867. The first-order chi connectivity index (χ1) is 10.0. The Kier molecular flexibility index (Phi) is 4.06. The molecule has 6 nitrogen and oxygen atoms in total. The summed E-state index contributed by atoms with van der Waals surface area (Å²) in [6.07, 6.45) is 4.06. The van der Waals surface area contributed by atoms with Gasteiger partial charge in [0.1, 0.15) is 0 Å². The first-order valence-corrected chi connectivity index (χ1v) is 8.02. The molecule has 3 heterocycles. The Morgan fingerprint density at radius 3 is 2.14 bits per heavy atom. The van der Waals surface area contributed by atoms with Crippen LogP contribution in [0.15, 0.2) is 0 Å². The number of hydrogen-bond acceptors (Lipinski definition) is 3. The van der Waals surface area contributed by atoms with Crippen LogP contribution in [0, 0.1) is 5.92 Å². The van der Waals surface area contributed by atoms with Crippen LogP contribution in [0.3, 0.4) is 0 Å². The highest BCUT2D eigenvalue weighted by molar-refractivity contribution is 5.76. The van der Waals surface area contributed by atoms with Gasteiger partial charge in [-0.2, -0.15) is 0 Å². The van der Waals surface area contributed by atoms with Gasteiger partial charge in [0.15, 0.2) is 0 Å². The summed E-state index contributed by atoms with van der Waals surface area (Å²) in [6, 6.07) is 0.713. The zero-order chi connectivity index (χ0) is 15.0. The minimum Gasteiger partial charge on any atom is -0.481 e. The van der Waals surface area contributed by atoms with E-state index in [4.69, 9.17) is 5.11 Å². The van der Waals surface area contributed by atoms with Gasteiger partial charge in [-0.05, 0) is 38.6 Å². The molecule has 2 atom stereocenters. The Morgan fingerprint density at radius 2 is 1.62 bits per heavy atom. The van der Waals surface area contributed by atoms with Gasteiger partial charge in [-0.25, -0.2) is 4.79 Å². The third-order valence-electron chi connectivity index (χ3n) is 5.29. The monoisotopic (exact) mass is 295 g/mol. The summed E-state index contributed by atoms with van der Waals surface area (Å²) in [5.74, 6) is -0.463. The first-order valence-electron chi connectivity index (χ1n) is 8.02. The van der Waals surface area contributed by atoms with Gasteiger partial charge in [0, 0.05) is 44.7 Å². The molecule has 0 saturated carbocycles. The van der Waals surface area contributed by atoms with Crippen LogP contribution in [-0.2, 0) is 4.79 Å². The summed E-state index contributed by atoms with van der Waals surface area (Å²) < 4.78 is 0. The Hall–Kier alpha value is -1.30. The Bertz CT molecular complexity index is 406. The molecule has 21 heavy (non-hydrogen) atoms. The predicted molar refractivity (Wildman–Crippen MR) is 78.1 cm³/mol. The van der Waals surface area contributed by atoms with E-state index in [-0.39, 0.29) is 30.5 Å². The van der Waals surface area contributed by atoms with E-state index >= 15 is 0 Å². The zero-order valence-corrected chi connectivity index (χ0v) is 12.7. The van der Waals surface area contributed by atoms with Crippen molar-refractivity contribution in [1.82, 2.24) is 14.7 Å². The first kappa shape index (κ1) is 14.6. The minimum absolute atomic E-state index is 0.185. The molecule has 3 aliphatic heterocycles. The molecule has 2 amide bonds. The second-order valence-corrected chi connectivity index (χ2v) is 6.80. The molecule has 0 radical (unpaired) electrons. The van der Waals surface area contributed by atoms with Crippen molar-refractivity contribution in [3.05, 3.63) is 0 Å². The zero-order valence-electron chi connectivity index (χ0n) is 12.7. The highest BCUT2D eigenvalue weighted by atomic mass is 16.4. The normalized spacial score (nSPS) is 33.3. The van der Waals surface area contributed by atoms with Crippen LogP contribution in [-0.4, -0.2) is 77.1 Å². The number of urea groups is 1. The number of nitrogens with zero attached hydrogens (tertiary/aromatic N) is 3. The number of hydrogen-bond donors (Lipinski definition) is 1. The van der Waals surface area contributed by atoms with Crippen LogP contribution >= 0.6 is 0 Å². The van der Waals surface area contributed by atoms with E-state index in [0.29, 0.717) is 0 Å². The predicted octanol–water partition coefficient (Wildman–Crippen LogP) is 1.07. The highest BCUT2D eigenvalue weighted by Crippen LogP contribution is 2.40. The lowest BCUT2D eigenvalue weighted by molar-refractivity contribution is -0.138. The quantitative estimate of drug-likeness (QED) is 0.828. The molecule has 0 spiro atoms. The molecule has 0 aromatic carbocycles. The molecule has 1 N–H and O–H groups in total. The standard InChI is InChI=1S/C15H25N3O3/c1-16-4-6-17(7-5-16)15(21)18-12-2-3-13(18)9-11(8-12)10-14(19)20/h11-13H,2-10H2,1H3,(H,19,20). The van der Waals surface area contributed by atoms with Crippen LogP contribution in [0.1, 0.15) is 32.1 Å². The molecule has 0 aromatic rings. The molecule has 2 unspecified atom stereocenters. The summed E-state index contributed by atoms with van der Waals surface area (Å²) in [7, 11) is 2.09. The van der Waals surface area contributed by atoms with Crippen LogP contribution in [0.25, 0.3) is 0 Å². The van der Waals surface area contributed by atoms with Crippen molar-refractivity contribution in [2.45, 2.75) is 44.2 Å². The number of carboxylic acids is 1. The van der Waals surface area contributed by atoms with Crippen LogP contribution in [0.2, 0.25) is 0 Å². The Morgan fingerprint density at radius 1 is 1.05 bits per heavy atom. The van der Waals surface area contributed by atoms with E-state index in [9.17, 15) is 9.59 Å². The molecular formula is C15H25N3O3. The maximum atomic E-state index is 12.8. The van der Waals surface area contributed by atoms with Crippen molar-refractivity contribution < 1.29 is 14.7 Å². The van der Waals surface area contributed by atoms with Crippen LogP contribution in [0.4, 0.5) is 4.79 Å². The lowest BCUT2D eigenvalue weighted by Gasteiger charge is -2.43. The Labute approximate surface area is 125 Å². The topological polar surface area (TPSA) is 64.1 Å². The van der Waals surface area contributed by atoms with E-state index in [1.54, 1.807) is 0 Å². The minimum atomic E-state index is -0.710. The average Bonchev–Trinajstić information content (AvgIpc) is 2.70. The van der Waals surface area contributed by atoms with E-state index in [2.05, 4.69) is 16.8 Å². The number of piperazine rings is 1. The van der Waals surface area contributed by atoms with Crippen molar-refractivity contribution in [2.24, 2.45) is 5.92 Å². The van der Waals surface area contributed by atoms with E-state index in [0.717, 1.165) is 51.9 Å². The number of likely N-dealkylation sites (N-methyl/N-ethyl adjacent to an activating group) is 1. The van der Waals surface area contributed by atoms with Gasteiger partial charge >= 0.3 is 12.0 Å². The molecule has 3 saturated heterocycles. The van der Waals surface area contributed by atoms with Gasteiger partial charge in [0.25, 0.3) is 0 Å². The number of carbonyl (C=O) groups is 2. The van der Waals surface area contributed by atoms with Gasteiger partial charge in [-0.15, -0.1) is 0 Å². The van der Waals surface area contributed by atoms with E-state index in [1.807, 2.05) is 4.90 Å². The number of rotatable bonds is 2. The molecular weight excluding hydrogens is 270 g/mol. The maximum absolute atomic E-state index is 12.8. The van der Waals surface area contributed by atoms with Crippen molar-refractivity contribution in [3.8, 4) is 0 Å². The van der Waals surface area contributed by atoms with Gasteiger partial charge < -0.3 is 19.8 Å². The molecule has 6 heteroatoms. The largest absolute Gasteiger partial charge is 0.481 e. The third kappa shape index (κ3) is 3.00. The number of piperidine rings is 1.